The number of hydrogen-bond acceptors (Lipinski definition) is 4. The summed E-state index contributed by atoms with van der Waals surface area (Å²) in [5.41, 5.74) is -0.480. The van der Waals surface area contributed by atoms with Gasteiger partial charge in [0, 0.05) is 18.6 Å². The molecule has 2 fully saturated rings. The van der Waals surface area contributed by atoms with Gasteiger partial charge >= 0.3 is 5.97 Å². The van der Waals surface area contributed by atoms with Gasteiger partial charge < -0.3 is 9.64 Å². The number of carbonyl (C=O) groups is 1. The largest absolute Gasteiger partial charge is 0.465 e. The predicted molar refractivity (Wildman–Crippen MR) is 76.1 cm³/mol. The molecule has 0 aromatic heterocycles. The minimum absolute atomic E-state index is 0.0585. The zero-order chi connectivity index (χ0) is 13.9. The van der Waals surface area contributed by atoms with E-state index in [1.807, 2.05) is 6.92 Å². The van der Waals surface area contributed by atoms with Gasteiger partial charge in [-0.15, -0.1) is 0 Å². The molecule has 1 aliphatic heterocycles. The van der Waals surface area contributed by atoms with E-state index in [9.17, 15) is 4.79 Å². The highest BCUT2D eigenvalue weighted by Gasteiger charge is 2.48. The van der Waals surface area contributed by atoms with Crippen LogP contribution < -0.4 is 5.32 Å². The zero-order valence-corrected chi connectivity index (χ0v) is 12.6. The predicted octanol–water partition coefficient (Wildman–Crippen LogP) is 1.93. The van der Waals surface area contributed by atoms with E-state index < -0.39 is 5.54 Å². The summed E-state index contributed by atoms with van der Waals surface area (Å²) in [6.07, 6.45) is 7.14. The van der Waals surface area contributed by atoms with Gasteiger partial charge in [-0.3, -0.25) is 5.32 Å². The number of nitrogens with one attached hydrogen (secondary N) is 1. The normalized spacial score (nSPS) is 33.5. The maximum atomic E-state index is 12.4. The molecule has 0 bridgehead atoms. The fraction of sp³-hybridized carbons (Fsp3) is 0.933. The number of hydrogen-bond donors (Lipinski definition) is 1. The molecule has 0 radical (unpaired) electrons. The summed E-state index contributed by atoms with van der Waals surface area (Å²) in [6.45, 7) is 5.30. The van der Waals surface area contributed by atoms with E-state index in [4.69, 9.17) is 4.74 Å². The summed E-state index contributed by atoms with van der Waals surface area (Å²) in [6, 6.07) is 0.914. The van der Waals surface area contributed by atoms with Crippen LogP contribution in [0.2, 0.25) is 0 Å². The van der Waals surface area contributed by atoms with E-state index >= 15 is 0 Å². The summed E-state index contributed by atoms with van der Waals surface area (Å²) < 4.78 is 5.34. The van der Waals surface area contributed by atoms with Crippen LogP contribution in [0.1, 0.15) is 52.4 Å². The van der Waals surface area contributed by atoms with Crippen LogP contribution in [0.4, 0.5) is 0 Å². The molecule has 19 heavy (non-hydrogen) atoms. The van der Waals surface area contributed by atoms with Gasteiger partial charge in [0.15, 0.2) is 0 Å². The number of ether oxygens (including phenoxy) is 1. The SMILES string of the molecule is CCOC(=O)C1(NC2CCCCC2)CC(C)N(C)C1. The highest BCUT2D eigenvalue weighted by Crippen LogP contribution is 2.30. The lowest BCUT2D eigenvalue weighted by Gasteiger charge is -2.34. The van der Waals surface area contributed by atoms with Gasteiger partial charge in [0.2, 0.25) is 0 Å². The van der Waals surface area contributed by atoms with E-state index in [2.05, 4.69) is 24.2 Å². The van der Waals surface area contributed by atoms with Crippen molar-refractivity contribution < 1.29 is 9.53 Å². The van der Waals surface area contributed by atoms with Crippen LogP contribution in [0.25, 0.3) is 0 Å². The Kier molecular flexibility index (Phi) is 4.85. The third kappa shape index (κ3) is 3.29. The van der Waals surface area contributed by atoms with E-state index in [1.54, 1.807) is 0 Å². The smallest absolute Gasteiger partial charge is 0.327 e. The second kappa shape index (κ2) is 6.23. The van der Waals surface area contributed by atoms with Crippen molar-refractivity contribution in [2.45, 2.75) is 70.0 Å². The van der Waals surface area contributed by atoms with Crippen LogP contribution >= 0.6 is 0 Å². The van der Waals surface area contributed by atoms with Crippen LogP contribution in [-0.2, 0) is 9.53 Å². The molecule has 1 aliphatic carbocycles. The number of carbonyl (C=O) groups excluding carboxylic acids is 1. The van der Waals surface area contributed by atoms with Crippen LogP contribution in [-0.4, -0.2) is 48.7 Å². The number of likely N-dealkylation sites (tertiary alicyclic amines) is 1. The lowest BCUT2D eigenvalue weighted by atomic mass is 9.89. The maximum Gasteiger partial charge on any atom is 0.327 e. The van der Waals surface area contributed by atoms with E-state index in [0.29, 0.717) is 18.7 Å². The summed E-state index contributed by atoms with van der Waals surface area (Å²) in [5.74, 6) is -0.0585. The Morgan fingerprint density at radius 2 is 2.05 bits per heavy atom. The molecule has 0 aromatic rings. The third-order valence-corrected chi connectivity index (χ3v) is 4.67. The molecule has 1 heterocycles. The average molecular weight is 268 g/mol. The number of rotatable bonds is 4. The van der Waals surface area contributed by atoms with Crippen molar-refractivity contribution in [1.29, 1.82) is 0 Å². The van der Waals surface area contributed by atoms with Crippen LogP contribution in [0.3, 0.4) is 0 Å². The molecular formula is C15H28N2O2. The topological polar surface area (TPSA) is 41.6 Å². The Balaban J connectivity index is 2.07. The average Bonchev–Trinajstić information content (AvgIpc) is 2.67. The van der Waals surface area contributed by atoms with Gasteiger partial charge in [0.05, 0.1) is 6.61 Å². The Morgan fingerprint density at radius 1 is 1.37 bits per heavy atom. The van der Waals surface area contributed by atoms with E-state index in [-0.39, 0.29) is 5.97 Å². The fourth-order valence-corrected chi connectivity index (χ4v) is 3.52. The second-order valence-corrected chi connectivity index (χ2v) is 6.25. The summed E-state index contributed by atoms with van der Waals surface area (Å²) in [5, 5.41) is 3.66. The quantitative estimate of drug-likeness (QED) is 0.791. The van der Waals surface area contributed by atoms with Gasteiger partial charge in [0.1, 0.15) is 5.54 Å². The molecule has 0 aromatic carbocycles. The minimum Gasteiger partial charge on any atom is -0.465 e. The van der Waals surface area contributed by atoms with E-state index in [0.717, 1.165) is 13.0 Å². The Bertz CT molecular complexity index is 303. The molecule has 2 atom stereocenters. The van der Waals surface area contributed by atoms with Crippen molar-refractivity contribution in [3.63, 3.8) is 0 Å². The second-order valence-electron chi connectivity index (χ2n) is 6.25. The molecular weight excluding hydrogens is 240 g/mol. The van der Waals surface area contributed by atoms with Crippen molar-refractivity contribution in [2.24, 2.45) is 0 Å². The third-order valence-electron chi connectivity index (χ3n) is 4.67. The van der Waals surface area contributed by atoms with Gasteiger partial charge in [-0.2, -0.15) is 0 Å². The maximum absolute atomic E-state index is 12.4. The highest BCUT2D eigenvalue weighted by molar-refractivity contribution is 5.82. The molecule has 110 valence electrons. The van der Waals surface area contributed by atoms with Gasteiger partial charge in [0.25, 0.3) is 0 Å². The highest BCUT2D eigenvalue weighted by atomic mass is 16.5. The first-order valence-corrected chi connectivity index (χ1v) is 7.72. The molecule has 2 aliphatic rings. The molecule has 4 nitrogen and oxygen atoms in total. The first kappa shape index (κ1) is 14.8. The molecule has 0 amide bonds. The van der Waals surface area contributed by atoms with Gasteiger partial charge in [-0.1, -0.05) is 19.3 Å². The first-order chi connectivity index (χ1) is 9.07. The molecule has 1 saturated heterocycles. The van der Waals surface area contributed by atoms with Crippen LogP contribution in [0, 0.1) is 0 Å². The lowest BCUT2D eigenvalue weighted by molar-refractivity contribution is -0.151. The van der Waals surface area contributed by atoms with Gasteiger partial charge in [-0.05, 0) is 40.2 Å². The number of likely N-dealkylation sites (N-methyl/N-ethyl adjacent to an activating group) is 1. The Labute approximate surface area is 116 Å². The van der Waals surface area contributed by atoms with Crippen molar-refractivity contribution >= 4 is 5.97 Å². The van der Waals surface area contributed by atoms with Crippen molar-refractivity contribution in [2.75, 3.05) is 20.2 Å². The lowest BCUT2D eigenvalue weighted by Crippen LogP contribution is -2.58. The van der Waals surface area contributed by atoms with Crippen molar-refractivity contribution in [1.82, 2.24) is 10.2 Å². The van der Waals surface area contributed by atoms with Crippen LogP contribution in [0.5, 0.6) is 0 Å². The number of nitrogens with zero attached hydrogens (tertiary/aromatic N) is 1. The summed E-state index contributed by atoms with van der Waals surface area (Å²) >= 11 is 0. The first-order valence-electron chi connectivity index (χ1n) is 7.72. The minimum atomic E-state index is -0.480. The Hall–Kier alpha value is -0.610. The fourth-order valence-electron chi connectivity index (χ4n) is 3.52. The van der Waals surface area contributed by atoms with Gasteiger partial charge in [-0.25, -0.2) is 4.79 Å². The summed E-state index contributed by atoms with van der Waals surface area (Å²) in [7, 11) is 2.09. The standard InChI is InChI=1S/C15H28N2O2/c1-4-19-14(18)15(10-12(2)17(3)11-15)16-13-8-6-5-7-9-13/h12-13,16H,4-11H2,1-3H3. The number of esters is 1. The molecule has 1 saturated carbocycles. The van der Waals surface area contributed by atoms with Crippen molar-refractivity contribution in [3.05, 3.63) is 0 Å². The summed E-state index contributed by atoms with van der Waals surface area (Å²) in [4.78, 5) is 14.7. The van der Waals surface area contributed by atoms with Crippen molar-refractivity contribution in [3.8, 4) is 0 Å². The van der Waals surface area contributed by atoms with Crippen LogP contribution in [0.15, 0.2) is 0 Å². The molecule has 1 N–H and O–H groups in total. The Morgan fingerprint density at radius 3 is 2.58 bits per heavy atom. The molecule has 4 heteroatoms. The molecule has 2 rings (SSSR count). The molecule has 2 unspecified atom stereocenters. The molecule has 0 spiro atoms. The van der Waals surface area contributed by atoms with E-state index in [1.165, 1.54) is 32.1 Å². The zero-order valence-electron chi connectivity index (χ0n) is 12.6. The monoisotopic (exact) mass is 268 g/mol.